The van der Waals surface area contributed by atoms with E-state index in [0.29, 0.717) is 19.6 Å². The Morgan fingerprint density at radius 3 is 2.77 bits per heavy atom. The van der Waals surface area contributed by atoms with Gasteiger partial charge >= 0.3 is 5.97 Å². The minimum Gasteiger partial charge on any atom is -0.503 e. The van der Waals surface area contributed by atoms with Crippen LogP contribution < -0.4 is 4.74 Å². The Kier molecular flexibility index (Phi) is 5.13. The third-order valence-corrected chi connectivity index (χ3v) is 3.91. The van der Waals surface area contributed by atoms with Crippen molar-refractivity contribution in [2.75, 3.05) is 13.2 Å². The molecule has 1 amide bonds. The molecule has 0 bridgehead atoms. The number of amides is 1. The van der Waals surface area contributed by atoms with Crippen molar-refractivity contribution in [3.8, 4) is 11.5 Å². The minimum atomic E-state index is -1.01. The molecule has 1 saturated heterocycles. The monoisotopic (exact) mass is 327 g/mol. The van der Waals surface area contributed by atoms with Crippen molar-refractivity contribution < 1.29 is 24.5 Å². The molecule has 1 aliphatic rings. The Balaban J connectivity index is 2.33. The Labute approximate surface area is 133 Å². The molecule has 1 aromatic rings. The molecule has 0 aliphatic carbocycles. The highest BCUT2D eigenvalue weighted by molar-refractivity contribution is 6.32. The lowest BCUT2D eigenvalue weighted by atomic mass is 10.0. The number of phenolic OH excluding ortho intramolecular Hbond substituents is 1. The molecule has 0 spiro atoms. The van der Waals surface area contributed by atoms with Crippen molar-refractivity contribution >= 4 is 23.5 Å². The van der Waals surface area contributed by atoms with Crippen LogP contribution in [0.2, 0.25) is 5.02 Å². The number of ether oxygens (including phenoxy) is 1. The number of phenols is 1. The van der Waals surface area contributed by atoms with E-state index in [2.05, 4.69) is 0 Å². The summed E-state index contributed by atoms with van der Waals surface area (Å²) in [4.78, 5) is 25.2. The lowest BCUT2D eigenvalue weighted by Crippen LogP contribution is -2.48. The third kappa shape index (κ3) is 3.27. The number of carbonyl (C=O) groups excluding carboxylic acids is 1. The Morgan fingerprint density at radius 2 is 2.14 bits per heavy atom. The molecule has 0 aromatic heterocycles. The number of halogens is 1. The third-order valence-electron chi connectivity index (χ3n) is 3.62. The quantitative estimate of drug-likeness (QED) is 0.887. The second-order valence-corrected chi connectivity index (χ2v) is 5.49. The van der Waals surface area contributed by atoms with Crippen LogP contribution in [-0.4, -0.2) is 46.2 Å². The Morgan fingerprint density at radius 1 is 1.41 bits per heavy atom. The standard InChI is InChI=1S/C15H18ClNO5/c1-2-22-12-8-9(7-10(16)13(12)18)14(19)17-6-4-3-5-11(17)15(20)21/h7-8,11,18H,2-6H2,1H3,(H,20,21). The number of aromatic hydroxyl groups is 1. The van der Waals surface area contributed by atoms with E-state index in [1.165, 1.54) is 17.0 Å². The van der Waals surface area contributed by atoms with Crippen LogP contribution in [0.5, 0.6) is 11.5 Å². The van der Waals surface area contributed by atoms with E-state index in [9.17, 15) is 19.8 Å². The van der Waals surface area contributed by atoms with E-state index in [-0.39, 0.29) is 22.1 Å². The summed E-state index contributed by atoms with van der Waals surface area (Å²) in [6, 6.07) is 1.89. The predicted molar refractivity (Wildman–Crippen MR) is 80.6 cm³/mol. The summed E-state index contributed by atoms with van der Waals surface area (Å²) in [7, 11) is 0. The zero-order chi connectivity index (χ0) is 16.3. The van der Waals surface area contributed by atoms with Gasteiger partial charge in [0.2, 0.25) is 0 Å². The Hall–Kier alpha value is -1.95. The van der Waals surface area contributed by atoms with E-state index in [0.717, 1.165) is 12.8 Å². The van der Waals surface area contributed by atoms with Gasteiger partial charge in [0, 0.05) is 12.1 Å². The van der Waals surface area contributed by atoms with Gasteiger partial charge < -0.3 is 19.8 Å². The van der Waals surface area contributed by atoms with Crippen molar-refractivity contribution in [1.29, 1.82) is 0 Å². The number of carboxylic acid groups (broad SMARTS) is 1. The van der Waals surface area contributed by atoms with Crippen LogP contribution >= 0.6 is 11.6 Å². The van der Waals surface area contributed by atoms with Crippen LogP contribution in [0.25, 0.3) is 0 Å². The van der Waals surface area contributed by atoms with Crippen LogP contribution in [0, 0.1) is 0 Å². The van der Waals surface area contributed by atoms with E-state index in [1.807, 2.05) is 0 Å². The van der Waals surface area contributed by atoms with Crippen LogP contribution in [0.3, 0.4) is 0 Å². The molecule has 1 aromatic carbocycles. The molecule has 1 atom stereocenters. The van der Waals surface area contributed by atoms with Crippen molar-refractivity contribution in [3.63, 3.8) is 0 Å². The zero-order valence-electron chi connectivity index (χ0n) is 12.2. The lowest BCUT2D eigenvalue weighted by molar-refractivity contribution is -0.143. The van der Waals surface area contributed by atoms with Gasteiger partial charge in [-0.3, -0.25) is 4.79 Å². The van der Waals surface area contributed by atoms with Crippen molar-refractivity contribution in [2.45, 2.75) is 32.2 Å². The predicted octanol–water partition coefficient (Wildman–Crippen LogP) is 2.52. The maximum atomic E-state index is 12.6. The second-order valence-electron chi connectivity index (χ2n) is 5.09. The highest BCUT2D eigenvalue weighted by Gasteiger charge is 2.33. The highest BCUT2D eigenvalue weighted by Crippen LogP contribution is 2.36. The molecule has 1 aliphatic heterocycles. The summed E-state index contributed by atoms with van der Waals surface area (Å²) in [5.41, 5.74) is 0.208. The summed E-state index contributed by atoms with van der Waals surface area (Å²) in [5.74, 6) is -1.55. The highest BCUT2D eigenvalue weighted by atomic mass is 35.5. The molecule has 0 saturated carbocycles. The van der Waals surface area contributed by atoms with Gasteiger partial charge in [-0.25, -0.2) is 4.79 Å². The van der Waals surface area contributed by atoms with Gasteiger partial charge in [0.05, 0.1) is 11.6 Å². The van der Waals surface area contributed by atoms with Crippen LogP contribution in [0.4, 0.5) is 0 Å². The first kappa shape index (κ1) is 16.4. The fraction of sp³-hybridized carbons (Fsp3) is 0.467. The lowest BCUT2D eigenvalue weighted by Gasteiger charge is -2.33. The first-order chi connectivity index (χ1) is 10.5. The molecule has 7 heteroatoms. The molecule has 120 valence electrons. The number of aliphatic carboxylic acids is 1. The summed E-state index contributed by atoms with van der Waals surface area (Å²) < 4.78 is 5.25. The number of nitrogens with zero attached hydrogens (tertiary/aromatic N) is 1. The van der Waals surface area contributed by atoms with Gasteiger partial charge in [-0.05, 0) is 38.3 Å². The first-order valence-electron chi connectivity index (χ1n) is 7.14. The van der Waals surface area contributed by atoms with Crippen molar-refractivity contribution in [3.05, 3.63) is 22.7 Å². The summed E-state index contributed by atoms with van der Waals surface area (Å²) >= 11 is 5.92. The van der Waals surface area contributed by atoms with E-state index in [4.69, 9.17) is 16.3 Å². The van der Waals surface area contributed by atoms with Crippen LogP contribution in [-0.2, 0) is 4.79 Å². The fourth-order valence-electron chi connectivity index (χ4n) is 2.56. The zero-order valence-corrected chi connectivity index (χ0v) is 13.0. The Bertz CT molecular complexity index is 590. The van der Waals surface area contributed by atoms with E-state index >= 15 is 0 Å². The molecule has 1 fully saturated rings. The molecule has 1 heterocycles. The topological polar surface area (TPSA) is 87.1 Å². The smallest absolute Gasteiger partial charge is 0.326 e. The molecular weight excluding hydrogens is 310 g/mol. The number of carboxylic acids is 1. The maximum Gasteiger partial charge on any atom is 0.326 e. The molecule has 1 unspecified atom stereocenters. The summed E-state index contributed by atoms with van der Waals surface area (Å²) in [6.07, 6.45) is 1.98. The summed E-state index contributed by atoms with van der Waals surface area (Å²) in [6.45, 7) is 2.44. The van der Waals surface area contributed by atoms with Crippen LogP contribution in [0.1, 0.15) is 36.5 Å². The van der Waals surface area contributed by atoms with E-state index < -0.39 is 17.9 Å². The second kappa shape index (κ2) is 6.87. The SMILES string of the molecule is CCOc1cc(C(=O)N2CCCCC2C(=O)O)cc(Cl)c1O. The van der Waals surface area contributed by atoms with E-state index in [1.54, 1.807) is 6.92 Å². The normalized spacial score (nSPS) is 18.1. The first-order valence-corrected chi connectivity index (χ1v) is 7.52. The van der Waals surface area contributed by atoms with Crippen molar-refractivity contribution in [1.82, 2.24) is 4.90 Å². The summed E-state index contributed by atoms with van der Waals surface area (Å²) in [5, 5.41) is 19.1. The van der Waals surface area contributed by atoms with Crippen molar-refractivity contribution in [2.24, 2.45) is 0 Å². The molecule has 2 N–H and O–H groups in total. The average Bonchev–Trinajstić information content (AvgIpc) is 2.51. The number of carbonyl (C=O) groups is 2. The molecule has 2 rings (SSSR count). The average molecular weight is 328 g/mol. The minimum absolute atomic E-state index is 0.00168. The number of hydrogen-bond donors (Lipinski definition) is 2. The maximum absolute atomic E-state index is 12.6. The number of benzene rings is 1. The number of hydrogen-bond acceptors (Lipinski definition) is 4. The van der Waals surface area contributed by atoms with Gasteiger partial charge in [-0.2, -0.15) is 0 Å². The van der Waals surface area contributed by atoms with Gasteiger partial charge in [0.1, 0.15) is 6.04 Å². The molecular formula is C15H18ClNO5. The fourth-order valence-corrected chi connectivity index (χ4v) is 2.77. The van der Waals surface area contributed by atoms with Gasteiger partial charge in [-0.1, -0.05) is 11.6 Å². The number of rotatable bonds is 4. The van der Waals surface area contributed by atoms with Gasteiger partial charge in [0.25, 0.3) is 5.91 Å². The largest absolute Gasteiger partial charge is 0.503 e. The van der Waals surface area contributed by atoms with Gasteiger partial charge in [0.15, 0.2) is 11.5 Å². The van der Waals surface area contributed by atoms with Crippen LogP contribution in [0.15, 0.2) is 12.1 Å². The number of piperidine rings is 1. The molecule has 0 radical (unpaired) electrons. The number of likely N-dealkylation sites (tertiary alicyclic amines) is 1. The molecule has 22 heavy (non-hydrogen) atoms. The van der Waals surface area contributed by atoms with Gasteiger partial charge in [-0.15, -0.1) is 0 Å². The molecule has 6 nitrogen and oxygen atoms in total.